The lowest BCUT2D eigenvalue weighted by Crippen LogP contribution is -2.52. The van der Waals surface area contributed by atoms with Gasteiger partial charge in [-0.05, 0) is 32.6 Å². The summed E-state index contributed by atoms with van der Waals surface area (Å²) in [6.45, 7) is 8.79. The molecule has 0 aromatic carbocycles. The summed E-state index contributed by atoms with van der Waals surface area (Å²) in [6, 6.07) is 0.394. The van der Waals surface area contributed by atoms with E-state index in [0.717, 1.165) is 19.4 Å². The Kier molecular flexibility index (Phi) is 3.20. The van der Waals surface area contributed by atoms with Gasteiger partial charge in [0.15, 0.2) is 0 Å². The molecule has 82 valence electrons. The molecule has 1 saturated heterocycles. The third kappa shape index (κ3) is 2.08. The molecular formula is C11H22N2O. The molecule has 3 nitrogen and oxygen atoms in total. The van der Waals surface area contributed by atoms with E-state index in [9.17, 15) is 4.79 Å². The van der Waals surface area contributed by atoms with Gasteiger partial charge in [0.05, 0.1) is 5.54 Å². The van der Waals surface area contributed by atoms with Gasteiger partial charge in [-0.1, -0.05) is 13.8 Å². The Morgan fingerprint density at radius 3 is 2.57 bits per heavy atom. The molecule has 0 radical (unpaired) electrons. The van der Waals surface area contributed by atoms with Gasteiger partial charge < -0.3 is 10.6 Å². The maximum atomic E-state index is 12.0. The molecule has 0 spiro atoms. The summed E-state index contributed by atoms with van der Waals surface area (Å²) < 4.78 is 0. The van der Waals surface area contributed by atoms with E-state index < -0.39 is 5.54 Å². The minimum Gasteiger partial charge on any atom is -0.338 e. The van der Waals surface area contributed by atoms with Crippen LogP contribution >= 0.6 is 0 Å². The number of amides is 1. The second-order valence-electron chi connectivity index (χ2n) is 4.96. The molecule has 0 bridgehead atoms. The fourth-order valence-corrected chi connectivity index (χ4v) is 2.25. The van der Waals surface area contributed by atoms with Crippen LogP contribution in [0.15, 0.2) is 0 Å². The number of carbonyl (C=O) groups excluding carboxylic acids is 1. The third-order valence-electron chi connectivity index (χ3n) is 3.11. The molecular weight excluding hydrogens is 176 g/mol. The van der Waals surface area contributed by atoms with Gasteiger partial charge in [-0.2, -0.15) is 0 Å². The predicted octanol–water partition coefficient (Wildman–Crippen LogP) is 1.37. The molecule has 1 fully saturated rings. The molecule has 1 heterocycles. The minimum atomic E-state index is -0.725. The Morgan fingerprint density at radius 2 is 2.14 bits per heavy atom. The van der Waals surface area contributed by atoms with Crippen LogP contribution in [-0.2, 0) is 4.79 Å². The van der Waals surface area contributed by atoms with Crippen LogP contribution < -0.4 is 5.73 Å². The summed E-state index contributed by atoms with van der Waals surface area (Å²) in [4.78, 5) is 13.9. The van der Waals surface area contributed by atoms with Gasteiger partial charge in [0.25, 0.3) is 0 Å². The molecule has 0 aromatic heterocycles. The maximum absolute atomic E-state index is 12.0. The molecule has 2 atom stereocenters. The van der Waals surface area contributed by atoms with E-state index in [1.807, 2.05) is 4.90 Å². The van der Waals surface area contributed by atoms with Gasteiger partial charge in [0.2, 0.25) is 5.91 Å². The zero-order chi connectivity index (χ0) is 10.9. The lowest BCUT2D eigenvalue weighted by molar-refractivity contribution is -0.137. The van der Waals surface area contributed by atoms with Crippen molar-refractivity contribution in [2.45, 2.75) is 52.1 Å². The molecule has 0 aromatic rings. The van der Waals surface area contributed by atoms with Gasteiger partial charge >= 0.3 is 0 Å². The molecule has 1 amide bonds. The molecule has 2 unspecified atom stereocenters. The smallest absolute Gasteiger partial charge is 0.242 e. The summed E-state index contributed by atoms with van der Waals surface area (Å²) in [5, 5.41) is 0. The Bertz CT molecular complexity index is 220. The Labute approximate surface area is 86.6 Å². The van der Waals surface area contributed by atoms with Crippen molar-refractivity contribution in [3.05, 3.63) is 0 Å². The van der Waals surface area contributed by atoms with Crippen molar-refractivity contribution < 1.29 is 4.79 Å². The molecule has 3 heteroatoms. The molecule has 2 N–H and O–H groups in total. The topological polar surface area (TPSA) is 46.3 Å². The summed E-state index contributed by atoms with van der Waals surface area (Å²) in [5.74, 6) is 0.708. The second kappa shape index (κ2) is 3.89. The van der Waals surface area contributed by atoms with Crippen LogP contribution in [0.5, 0.6) is 0 Å². The van der Waals surface area contributed by atoms with Gasteiger partial charge in [0, 0.05) is 12.6 Å². The average Bonchev–Trinajstić information content (AvgIpc) is 2.43. The van der Waals surface area contributed by atoms with Gasteiger partial charge in [-0.3, -0.25) is 4.79 Å². The van der Waals surface area contributed by atoms with Crippen LogP contribution in [0.1, 0.15) is 40.5 Å². The second-order valence-corrected chi connectivity index (χ2v) is 4.96. The number of nitrogens with zero attached hydrogens (tertiary/aromatic N) is 1. The van der Waals surface area contributed by atoms with Crippen molar-refractivity contribution in [2.75, 3.05) is 6.54 Å². The molecule has 1 aliphatic heterocycles. The zero-order valence-corrected chi connectivity index (χ0v) is 9.71. The van der Waals surface area contributed by atoms with E-state index in [-0.39, 0.29) is 5.91 Å². The van der Waals surface area contributed by atoms with Crippen LogP contribution in [0.4, 0.5) is 0 Å². The lowest BCUT2D eigenvalue weighted by atomic mass is 9.99. The first-order valence-corrected chi connectivity index (χ1v) is 5.48. The number of carbonyl (C=O) groups is 1. The SMILES string of the molecule is CCC1C(C)CCN1C(=O)C(C)(C)N. The highest BCUT2D eigenvalue weighted by Crippen LogP contribution is 2.27. The number of hydrogen-bond acceptors (Lipinski definition) is 2. The van der Waals surface area contributed by atoms with Crippen molar-refractivity contribution in [3.8, 4) is 0 Å². The van der Waals surface area contributed by atoms with Crippen molar-refractivity contribution in [2.24, 2.45) is 11.7 Å². The fourth-order valence-electron chi connectivity index (χ4n) is 2.25. The van der Waals surface area contributed by atoms with E-state index in [0.29, 0.717) is 12.0 Å². The quantitative estimate of drug-likeness (QED) is 0.728. The number of likely N-dealkylation sites (tertiary alicyclic amines) is 1. The standard InChI is InChI=1S/C11H22N2O/c1-5-9-8(2)6-7-13(9)10(14)11(3,4)12/h8-9H,5-7,12H2,1-4H3. The van der Waals surface area contributed by atoms with Crippen LogP contribution in [0.2, 0.25) is 0 Å². The van der Waals surface area contributed by atoms with E-state index in [4.69, 9.17) is 5.73 Å². The minimum absolute atomic E-state index is 0.0914. The maximum Gasteiger partial charge on any atom is 0.242 e. The molecule has 0 aliphatic carbocycles. The van der Waals surface area contributed by atoms with Crippen LogP contribution in [0, 0.1) is 5.92 Å². The van der Waals surface area contributed by atoms with E-state index >= 15 is 0 Å². The van der Waals surface area contributed by atoms with Gasteiger partial charge in [-0.25, -0.2) is 0 Å². The summed E-state index contributed by atoms with van der Waals surface area (Å²) in [6.07, 6.45) is 2.14. The molecule has 1 rings (SSSR count). The Hall–Kier alpha value is -0.570. The van der Waals surface area contributed by atoms with Crippen molar-refractivity contribution in [1.82, 2.24) is 4.90 Å². The summed E-state index contributed by atoms with van der Waals surface area (Å²) >= 11 is 0. The van der Waals surface area contributed by atoms with E-state index in [1.54, 1.807) is 13.8 Å². The van der Waals surface area contributed by atoms with E-state index in [2.05, 4.69) is 13.8 Å². The first-order valence-electron chi connectivity index (χ1n) is 5.48. The molecule has 14 heavy (non-hydrogen) atoms. The highest BCUT2D eigenvalue weighted by atomic mass is 16.2. The monoisotopic (exact) mass is 198 g/mol. The van der Waals surface area contributed by atoms with E-state index in [1.165, 1.54) is 0 Å². The van der Waals surface area contributed by atoms with Crippen molar-refractivity contribution in [1.29, 1.82) is 0 Å². The third-order valence-corrected chi connectivity index (χ3v) is 3.11. The van der Waals surface area contributed by atoms with Crippen LogP contribution in [0.3, 0.4) is 0 Å². The zero-order valence-electron chi connectivity index (χ0n) is 9.71. The number of nitrogens with two attached hydrogens (primary N) is 1. The lowest BCUT2D eigenvalue weighted by Gasteiger charge is -2.31. The number of rotatable bonds is 2. The van der Waals surface area contributed by atoms with Crippen molar-refractivity contribution in [3.63, 3.8) is 0 Å². The predicted molar refractivity (Wildman–Crippen MR) is 57.8 cm³/mol. The van der Waals surface area contributed by atoms with Gasteiger partial charge in [0.1, 0.15) is 0 Å². The number of hydrogen-bond donors (Lipinski definition) is 1. The Morgan fingerprint density at radius 1 is 1.57 bits per heavy atom. The first-order chi connectivity index (χ1) is 6.38. The normalized spacial score (nSPS) is 28.2. The van der Waals surface area contributed by atoms with Gasteiger partial charge in [-0.15, -0.1) is 0 Å². The highest BCUT2D eigenvalue weighted by molar-refractivity contribution is 5.85. The Balaban J connectivity index is 2.74. The molecule has 1 aliphatic rings. The van der Waals surface area contributed by atoms with Crippen LogP contribution in [-0.4, -0.2) is 28.9 Å². The van der Waals surface area contributed by atoms with Crippen molar-refractivity contribution >= 4 is 5.91 Å². The summed E-state index contributed by atoms with van der Waals surface area (Å²) in [7, 11) is 0. The average molecular weight is 198 g/mol. The largest absolute Gasteiger partial charge is 0.338 e. The molecule has 0 saturated carbocycles. The first kappa shape index (κ1) is 11.5. The summed E-state index contributed by atoms with van der Waals surface area (Å²) in [5.41, 5.74) is 5.11. The van der Waals surface area contributed by atoms with Crippen LogP contribution in [0.25, 0.3) is 0 Å². The highest BCUT2D eigenvalue weighted by Gasteiger charge is 2.37. The fraction of sp³-hybridized carbons (Fsp3) is 0.909.